The molecule has 0 heterocycles. The highest BCUT2D eigenvalue weighted by Gasteiger charge is 2.28. The zero-order valence-corrected chi connectivity index (χ0v) is 13.6. The molecule has 0 saturated heterocycles. The van der Waals surface area contributed by atoms with Gasteiger partial charge < -0.3 is 0 Å². The minimum absolute atomic E-state index is 0.0295. The maximum absolute atomic E-state index is 12.3. The van der Waals surface area contributed by atoms with Crippen molar-refractivity contribution in [3.8, 4) is 6.07 Å². The summed E-state index contributed by atoms with van der Waals surface area (Å²) in [5, 5.41) is 8.98. The fourth-order valence-corrected chi connectivity index (χ4v) is 4.20. The van der Waals surface area contributed by atoms with Crippen LogP contribution in [0, 0.1) is 16.7 Å². The Morgan fingerprint density at radius 2 is 2.00 bits per heavy atom. The van der Waals surface area contributed by atoms with Crippen LogP contribution in [0.2, 0.25) is 5.02 Å². The van der Waals surface area contributed by atoms with Crippen molar-refractivity contribution in [1.29, 1.82) is 5.26 Å². The second-order valence-electron chi connectivity index (χ2n) is 5.95. The second-order valence-corrected chi connectivity index (χ2v) is 8.12. The number of benzene rings is 1. The minimum Gasteiger partial charge on any atom is -0.211 e. The highest BCUT2D eigenvalue weighted by molar-refractivity contribution is 7.89. The Morgan fingerprint density at radius 1 is 1.33 bits per heavy atom. The van der Waals surface area contributed by atoms with E-state index in [2.05, 4.69) is 11.6 Å². The van der Waals surface area contributed by atoms with Gasteiger partial charge in [0.15, 0.2) is 0 Å². The number of hydrogen-bond acceptors (Lipinski definition) is 3. The van der Waals surface area contributed by atoms with Crippen LogP contribution in [0.15, 0.2) is 23.1 Å². The molecule has 21 heavy (non-hydrogen) atoms. The topological polar surface area (TPSA) is 70.0 Å². The molecule has 114 valence electrons. The van der Waals surface area contributed by atoms with E-state index >= 15 is 0 Å². The number of sulfonamides is 1. The largest absolute Gasteiger partial charge is 0.240 e. The third kappa shape index (κ3) is 3.97. The van der Waals surface area contributed by atoms with Crippen molar-refractivity contribution < 1.29 is 8.42 Å². The average molecular weight is 327 g/mol. The van der Waals surface area contributed by atoms with E-state index in [0.29, 0.717) is 6.54 Å². The van der Waals surface area contributed by atoms with Gasteiger partial charge in [0.1, 0.15) is 6.07 Å². The molecule has 0 aliphatic heterocycles. The van der Waals surface area contributed by atoms with Crippen molar-refractivity contribution in [3.05, 3.63) is 28.8 Å². The van der Waals surface area contributed by atoms with E-state index in [1.54, 1.807) is 0 Å². The summed E-state index contributed by atoms with van der Waals surface area (Å²) >= 11 is 5.90. The zero-order chi connectivity index (χ0) is 15.5. The molecular weight excluding hydrogens is 308 g/mol. The van der Waals surface area contributed by atoms with Crippen LogP contribution < -0.4 is 4.72 Å². The van der Waals surface area contributed by atoms with Crippen molar-refractivity contribution in [2.24, 2.45) is 5.41 Å². The highest BCUT2D eigenvalue weighted by Crippen LogP contribution is 2.35. The first-order valence-electron chi connectivity index (χ1n) is 7.06. The van der Waals surface area contributed by atoms with Gasteiger partial charge in [-0.25, -0.2) is 13.1 Å². The summed E-state index contributed by atoms with van der Waals surface area (Å²) in [6, 6.07) is 6.08. The van der Waals surface area contributed by atoms with E-state index in [1.165, 1.54) is 24.6 Å². The summed E-state index contributed by atoms with van der Waals surface area (Å²) in [7, 11) is -3.59. The summed E-state index contributed by atoms with van der Waals surface area (Å²) in [5.41, 5.74) is 0.302. The monoisotopic (exact) mass is 326 g/mol. The summed E-state index contributed by atoms with van der Waals surface area (Å²) in [5.74, 6) is 0. The third-order valence-corrected chi connectivity index (χ3v) is 5.83. The van der Waals surface area contributed by atoms with Gasteiger partial charge in [-0.3, -0.25) is 0 Å². The molecule has 2 rings (SSSR count). The normalized spacial score (nSPS) is 18.1. The van der Waals surface area contributed by atoms with Gasteiger partial charge in [-0.1, -0.05) is 37.8 Å². The molecular formula is C15H19ClN2O2S. The lowest BCUT2D eigenvalue weighted by Gasteiger charge is -2.33. The molecule has 0 unspecified atom stereocenters. The number of nitrogens with one attached hydrogen (secondary N) is 1. The molecule has 0 atom stereocenters. The molecule has 0 amide bonds. The van der Waals surface area contributed by atoms with E-state index in [4.69, 9.17) is 16.9 Å². The van der Waals surface area contributed by atoms with E-state index in [1.807, 2.05) is 6.07 Å². The molecule has 1 saturated carbocycles. The minimum atomic E-state index is -3.59. The molecule has 6 heteroatoms. The summed E-state index contributed by atoms with van der Waals surface area (Å²) in [6.45, 7) is 2.56. The summed E-state index contributed by atoms with van der Waals surface area (Å²) in [6.07, 6.45) is 5.63. The quantitative estimate of drug-likeness (QED) is 0.921. The molecule has 1 aromatic rings. The lowest BCUT2D eigenvalue weighted by molar-refractivity contribution is 0.219. The second kappa shape index (κ2) is 6.35. The van der Waals surface area contributed by atoms with Gasteiger partial charge in [0.05, 0.1) is 15.5 Å². The maximum atomic E-state index is 12.3. The Hall–Kier alpha value is -1.09. The third-order valence-electron chi connectivity index (χ3n) is 4.12. The average Bonchev–Trinajstić information content (AvgIpc) is 2.46. The Morgan fingerprint density at radius 3 is 2.57 bits per heavy atom. The molecule has 0 bridgehead atoms. The standard InChI is InChI=1S/C15H19ClN2O2S/c1-15(7-3-2-4-8-15)11-18-21(19,20)13-6-5-12(10-17)14(16)9-13/h5-6,9,18H,2-4,7-8,11H2,1H3. The predicted octanol–water partition coefficient (Wildman–Crippen LogP) is 3.46. The lowest BCUT2D eigenvalue weighted by atomic mass is 9.76. The van der Waals surface area contributed by atoms with Gasteiger partial charge in [0.2, 0.25) is 10.0 Å². The lowest BCUT2D eigenvalue weighted by Crippen LogP contribution is -2.37. The van der Waals surface area contributed by atoms with Crippen LogP contribution in [0.25, 0.3) is 0 Å². The van der Waals surface area contributed by atoms with Gasteiger partial charge in [-0.15, -0.1) is 0 Å². The molecule has 1 fully saturated rings. The molecule has 0 aromatic heterocycles. The molecule has 1 aromatic carbocycles. The Bertz CT molecular complexity index is 659. The van der Waals surface area contributed by atoms with Gasteiger partial charge in [-0.05, 0) is 36.5 Å². The van der Waals surface area contributed by atoms with E-state index in [0.717, 1.165) is 25.7 Å². The van der Waals surface area contributed by atoms with Crippen molar-refractivity contribution >= 4 is 21.6 Å². The van der Waals surface area contributed by atoms with Crippen LogP contribution in [-0.4, -0.2) is 15.0 Å². The van der Waals surface area contributed by atoms with Gasteiger partial charge in [0, 0.05) is 6.54 Å². The van der Waals surface area contributed by atoms with Gasteiger partial charge in [-0.2, -0.15) is 5.26 Å². The van der Waals surface area contributed by atoms with Crippen molar-refractivity contribution in [2.75, 3.05) is 6.54 Å². The molecule has 1 aliphatic rings. The number of nitriles is 1. The van der Waals surface area contributed by atoms with E-state index < -0.39 is 10.0 Å². The van der Waals surface area contributed by atoms with E-state index in [9.17, 15) is 8.42 Å². The smallest absolute Gasteiger partial charge is 0.211 e. The molecule has 0 radical (unpaired) electrons. The Labute approximate surface area is 131 Å². The van der Waals surface area contributed by atoms with Crippen LogP contribution in [0.4, 0.5) is 0 Å². The number of rotatable bonds is 4. The van der Waals surface area contributed by atoms with Crippen LogP contribution in [0.3, 0.4) is 0 Å². The Kier molecular flexibility index (Phi) is 4.92. The van der Waals surface area contributed by atoms with Crippen molar-refractivity contribution in [3.63, 3.8) is 0 Å². The first-order chi connectivity index (χ1) is 9.86. The highest BCUT2D eigenvalue weighted by atomic mass is 35.5. The zero-order valence-electron chi connectivity index (χ0n) is 12.0. The number of hydrogen-bond donors (Lipinski definition) is 1. The van der Waals surface area contributed by atoms with E-state index in [-0.39, 0.29) is 20.9 Å². The van der Waals surface area contributed by atoms with Gasteiger partial charge >= 0.3 is 0 Å². The summed E-state index contributed by atoms with van der Waals surface area (Å²) < 4.78 is 27.3. The fourth-order valence-electron chi connectivity index (χ4n) is 2.69. The van der Waals surface area contributed by atoms with Crippen molar-refractivity contribution in [2.45, 2.75) is 43.9 Å². The fraction of sp³-hybridized carbons (Fsp3) is 0.533. The number of nitrogens with zero attached hydrogens (tertiary/aromatic N) is 1. The van der Waals surface area contributed by atoms with Gasteiger partial charge in [0.25, 0.3) is 0 Å². The predicted molar refractivity (Wildman–Crippen MR) is 82.5 cm³/mol. The molecule has 4 nitrogen and oxygen atoms in total. The van der Waals surface area contributed by atoms with Crippen LogP contribution in [-0.2, 0) is 10.0 Å². The first kappa shape index (κ1) is 16.3. The molecule has 1 N–H and O–H groups in total. The summed E-state index contributed by atoms with van der Waals surface area (Å²) in [4.78, 5) is 0.103. The Balaban J connectivity index is 2.11. The number of halogens is 1. The van der Waals surface area contributed by atoms with Crippen LogP contribution in [0.1, 0.15) is 44.6 Å². The van der Waals surface area contributed by atoms with Crippen LogP contribution in [0.5, 0.6) is 0 Å². The molecule has 0 spiro atoms. The van der Waals surface area contributed by atoms with Crippen molar-refractivity contribution in [1.82, 2.24) is 4.72 Å². The van der Waals surface area contributed by atoms with Crippen LogP contribution >= 0.6 is 11.6 Å². The SMILES string of the molecule is CC1(CNS(=O)(=O)c2ccc(C#N)c(Cl)c2)CCCCC1. The maximum Gasteiger partial charge on any atom is 0.240 e. The first-order valence-corrected chi connectivity index (χ1v) is 8.92. The molecule has 1 aliphatic carbocycles.